The second-order valence-corrected chi connectivity index (χ2v) is 8.69. The number of benzene rings is 2. The maximum absolute atomic E-state index is 6.08. The van der Waals surface area contributed by atoms with Crippen molar-refractivity contribution in [3.05, 3.63) is 71.4 Å². The van der Waals surface area contributed by atoms with E-state index in [1.165, 1.54) is 0 Å². The minimum absolute atomic E-state index is 0.247. The van der Waals surface area contributed by atoms with Gasteiger partial charge in [-0.3, -0.25) is 0 Å². The van der Waals surface area contributed by atoms with Crippen molar-refractivity contribution in [3.8, 4) is 27.6 Å². The minimum atomic E-state index is 0.247. The Kier molecular flexibility index (Phi) is 6.66. The van der Waals surface area contributed by atoms with Crippen LogP contribution in [0, 0.1) is 13.8 Å². The first-order chi connectivity index (χ1) is 15.5. The van der Waals surface area contributed by atoms with Crippen LogP contribution in [0.25, 0.3) is 21.8 Å². The third-order valence-corrected chi connectivity index (χ3v) is 6.02. The monoisotopic (exact) mass is 445 g/mol. The summed E-state index contributed by atoms with van der Waals surface area (Å²) in [4.78, 5) is 14.4. The molecule has 0 saturated carbocycles. The number of nitrogens with one attached hydrogen (secondary N) is 1. The number of nitrogens with two attached hydrogens (primary N) is 1. The van der Waals surface area contributed by atoms with E-state index in [1.54, 1.807) is 11.3 Å². The van der Waals surface area contributed by atoms with Crippen molar-refractivity contribution in [3.63, 3.8) is 0 Å². The zero-order valence-electron chi connectivity index (χ0n) is 18.6. The highest BCUT2D eigenvalue weighted by atomic mass is 32.1. The first-order valence-corrected chi connectivity index (χ1v) is 11.5. The van der Waals surface area contributed by atoms with Gasteiger partial charge in [-0.25, -0.2) is 15.0 Å². The van der Waals surface area contributed by atoms with Crippen molar-refractivity contribution < 1.29 is 4.74 Å². The number of aromatic nitrogens is 3. The highest BCUT2D eigenvalue weighted by Gasteiger charge is 2.14. The number of nitrogens with zero attached hydrogens (tertiary/aromatic N) is 3. The lowest BCUT2D eigenvalue weighted by molar-refractivity contribution is 0.306. The summed E-state index contributed by atoms with van der Waals surface area (Å²) in [5.41, 5.74) is 12.0. The quantitative estimate of drug-likeness (QED) is 0.353. The van der Waals surface area contributed by atoms with Gasteiger partial charge in [0.1, 0.15) is 12.4 Å². The fourth-order valence-electron chi connectivity index (χ4n) is 3.58. The van der Waals surface area contributed by atoms with E-state index in [4.69, 9.17) is 10.5 Å². The molecule has 2 heterocycles. The van der Waals surface area contributed by atoms with Crippen molar-refractivity contribution in [2.24, 2.45) is 0 Å². The highest BCUT2D eigenvalue weighted by Crippen LogP contribution is 2.34. The summed E-state index contributed by atoms with van der Waals surface area (Å²) >= 11 is 1.57. The Bertz CT molecular complexity index is 1180. The molecule has 0 spiro atoms. The van der Waals surface area contributed by atoms with E-state index in [-0.39, 0.29) is 5.95 Å². The van der Waals surface area contributed by atoms with E-state index in [0.717, 1.165) is 62.4 Å². The molecule has 7 heteroatoms. The molecule has 0 saturated heterocycles. The molecule has 4 rings (SSSR count). The molecule has 0 amide bonds. The number of hydrogen-bond acceptors (Lipinski definition) is 7. The lowest BCUT2D eigenvalue weighted by atomic mass is 9.98. The van der Waals surface area contributed by atoms with E-state index in [1.807, 2.05) is 42.6 Å². The van der Waals surface area contributed by atoms with Gasteiger partial charge in [0.2, 0.25) is 5.95 Å². The molecule has 6 nitrogen and oxygen atoms in total. The van der Waals surface area contributed by atoms with E-state index in [0.29, 0.717) is 6.61 Å². The molecular weight excluding hydrogens is 418 g/mol. The van der Waals surface area contributed by atoms with Crippen LogP contribution in [-0.4, -0.2) is 21.5 Å². The molecule has 2 aromatic heterocycles. The van der Waals surface area contributed by atoms with Gasteiger partial charge in [0, 0.05) is 18.3 Å². The van der Waals surface area contributed by atoms with Gasteiger partial charge in [-0.05, 0) is 55.2 Å². The predicted molar refractivity (Wildman–Crippen MR) is 132 cm³/mol. The van der Waals surface area contributed by atoms with E-state index < -0.39 is 0 Å². The van der Waals surface area contributed by atoms with Crippen LogP contribution in [0.15, 0.2) is 54.7 Å². The maximum atomic E-state index is 6.08. The van der Waals surface area contributed by atoms with Gasteiger partial charge in [0.25, 0.3) is 0 Å². The van der Waals surface area contributed by atoms with Crippen LogP contribution in [-0.2, 0) is 6.61 Å². The summed E-state index contributed by atoms with van der Waals surface area (Å²) in [5, 5.41) is 4.19. The lowest BCUT2D eigenvalue weighted by Gasteiger charge is -2.14. The number of hydrogen-bond donors (Lipinski definition) is 2. The average Bonchev–Trinajstić information content (AvgIpc) is 3.25. The van der Waals surface area contributed by atoms with Gasteiger partial charge in [-0.2, -0.15) is 0 Å². The molecule has 3 N–H and O–H groups in total. The number of anilines is 2. The van der Waals surface area contributed by atoms with Gasteiger partial charge in [-0.1, -0.05) is 48.6 Å². The summed E-state index contributed by atoms with van der Waals surface area (Å²) in [6.45, 7) is 7.68. The summed E-state index contributed by atoms with van der Waals surface area (Å²) in [6, 6.07) is 16.2. The van der Waals surface area contributed by atoms with Crippen molar-refractivity contribution in [1.82, 2.24) is 15.0 Å². The van der Waals surface area contributed by atoms with E-state index in [9.17, 15) is 0 Å². The molecule has 0 unspecified atom stereocenters. The summed E-state index contributed by atoms with van der Waals surface area (Å²) < 4.78 is 6.03. The van der Waals surface area contributed by atoms with Gasteiger partial charge in [-0.15, -0.1) is 0 Å². The zero-order valence-corrected chi connectivity index (χ0v) is 19.4. The second kappa shape index (κ2) is 9.78. The number of thiazole rings is 1. The van der Waals surface area contributed by atoms with Crippen LogP contribution < -0.4 is 15.8 Å². The molecule has 0 aliphatic rings. The van der Waals surface area contributed by atoms with Gasteiger partial charge >= 0.3 is 0 Å². The van der Waals surface area contributed by atoms with Crippen LogP contribution in [0.5, 0.6) is 5.75 Å². The van der Waals surface area contributed by atoms with Crippen molar-refractivity contribution in [2.75, 3.05) is 17.6 Å². The molecule has 2 aromatic carbocycles. The van der Waals surface area contributed by atoms with Crippen LogP contribution in [0.1, 0.15) is 30.0 Å². The Morgan fingerprint density at radius 1 is 1.00 bits per heavy atom. The predicted octanol–water partition coefficient (Wildman–Crippen LogP) is 5.87. The fraction of sp³-hybridized carbons (Fsp3) is 0.240. The SMILES string of the molecule is CCCNc1ncc(-c2cc(-c3c(C)cc(OCc4ccccc4)cc3C)nc(N)n2)s1. The smallest absolute Gasteiger partial charge is 0.221 e. The van der Waals surface area contributed by atoms with Gasteiger partial charge in [0.15, 0.2) is 5.13 Å². The molecule has 0 bridgehead atoms. The molecule has 4 aromatic rings. The Balaban J connectivity index is 1.61. The first kappa shape index (κ1) is 21.8. The fourth-order valence-corrected chi connectivity index (χ4v) is 4.38. The maximum Gasteiger partial charge on any atom is 0.221 e. The number of ether oxygens (including phenoxy) is 1. The lowest BCUT2D eigenvalue weighted by Crippen LogP contribution is -2.01. The van der Waals surface area contributed by atoms with Crippen LogP contribution in [0.3, 0.4) is 0 Å². The summed E-state index contributed by atoms with van der Waals surface area (Å²) in [7, 11) is 0. The summed E-state index contributed by atoms with van der Waals surface area (Å²) in [5.74, 6) is 1.08. The Morgan fingerprint density at radius 3 is 2.44 bits per heavy atom. The van der Waals surface area contributed by atoms with Crippen molar-refractivity contribution in [1.29, 1.82) is 0 Å². The molecule has 0 fully saturated rings. The Hall–Kier alpha value is -3.45. The van der Waals surface area contributed by atoms with E-state index in [2.05, 4.69) is 53.2 Å². The molecule has 32 heavy (non-hydrogen) atoms. The second-order valence-electron chi connectivity index (χ2n) is 7.66. The topological polar surface area (TPSA) is 86.0 Å². The zero-order chi connectivity index (χ0) is 22.5. The van der Waals surface area contributed by atoms with Crippen LogP contribution in [0.2, 0.25) is 0 Å². The van der Waals surface area contributed by atoms with Crippen molar-refractivity contribution >= 4 is 22.4 Å². The molecule has 0 atom stereocenters. The van der Waals surface area contributed by atoms with Crippen LogP contribution in [0.4, 0.5) is 11.1 Å². The van der Waals surface area contributed by atoms with Crippen molar-refractivity contribution in [2.45, 2.75) is 33.8 Å². The molecule has 0 radical (unpaired) electrons. The normalized spacial score (nSPS) is 10.8. The average molecular weight is 446 g/mol. The molecular formula is C25H27N5OS. The standard InChI is InChI=1S/C25H27N5OS/c1-4-10-27-25-28-14-22(32-25)20-13-21(30-24(26)29-20)23-16(2)11-19(12-17(23)3)31-15-18-8-6-5-7-9-18/h5-9,11-14H,4,10,15H2,1-3H3,(H,27,28)(H2,26,29,30). The highest BCUT2D eigenvalue weighted by molar-refractivity contribution is 7.18. The number of aryl methyl sites for hydroxylation is 2. The summed E-state index contributed by atoms with van der Waals surface area (Å²) in [6.07, 6.45) is 2.87. The Labute approximate surface area is 192 Å². The molecule has 0 aliphatic carbocycles. The van der Waals surface area contributed by atoms with Crippen LogP contribution >= 0.6 is 11.3 Å². The Morgan fingerprint density at radius 2 is 1.72 bits per heavy atom. The van der Waals surface area contributed by atoms with E-state index >= 15 is 0 Å². The first-order valence-electron chi connectivity index (χ1n) is 10.7. The third kappa shape index (κ3) is 5.06. The number of rotatable bonds is 8. The molecule has 0 aliphatic heterocycles. The van der Waals surface area contributed by atoms with Gasteiger partial charge < -0.3 is 15.8 Å². The minimum Gasteiger partial charge on any atom is -0.489 e. The molecule has 164 valence electrons. The number of nitrogen functional groups attached to an aromatic ring is 1. The van der Waals surface area contributed by atoms with Gasteiger partial charge in [0.05, 0.1) is 16.3 Å². The third-order valence-electron chi connectivity index (χ3n) is 5.04. The largest absolute Gasteiger partial charge is 0.489 e.